The summed E-state index contributed by atoms with van der Waals surface area (Å²) in [5.74, 6) is -2.24. The molecule has 0 bridgehead atoms. The molecule has 0 saturated heterocycles. The Bertz CT molecular complexity index is 326. The zero-order chi connectivity index (χ0) is 8.65. The van der Waals surface area contributed by atoms with Crippen LogP contribution in [0, 0.1) is 0 Å². The number of hydrogen-bond acceptors (Lipinski definition) is 5. The minimum atomic E-state index is -4.98. The van der Waals surface area contributed by atoms with Crippen molar-refractivity contribution in [2.75, 3.05) is 0 Å². The van der Waals surface area contributed by atoms with E-state index in [0.717, 1.165) is 12.2 Å². The molecule has 0 atom stereocenters. The van der Waals surface area contributed by atoms with E-state index in [-0.39, 0.29) is 23.2 Å². The van der Waals surface area contributed by atoms with Gasteiger partial charge in [-0.1, -0.05) is 0 Å². The number of imide groups is 1. The third-order valence-electron chi connectivity index (χ3n) is 0.992. The number of carbonyl (C=O) groups is 2. The minimum absolute atomic E-state index is 0. The quantitative estimate of drug-likeness (QED) is 0.231. The molecule has 8 heteroatoms. The third kappa shape index (κ3) is 1.95. The SMILES string of the molecule is O=C1C=CC(=O)N1S(=O)(=O)[O-].[Li+]. The number of nitrogens with zero attached hydrogens (tertiary/aromatic N) is 1. The molecule has 0 saturated carbocycles. The maximum absolute atomic E-state index is 10.5. The smallest absolute Gasteiger partial charge is 0.730 e. The summed E-state index contributed by atoms with van der Waals surface area (Å²) in [6.45, 7) is 0. The fraction of sp³-hybridized carbons (Fsp3) is 0. The topological polar surface area (TPSA) is 94.6 Å². The molecule has 0 radical (unpaired) electrons. The number of carbonyl (C=O) groups excluding carboxylic acids is 2. The summed E-state index contributed by atoms with van der Waals surface area (Å²) in [6, 6.07) is 0. The Kier molecular flexibility index (Phi) is 3.23. The summed E-state index contributed by atoms with van der Waals surface area (Å²) >= 11 is 0. The first kappa shape index (κ1) is 11.4. The second-order valence-corrected chi connectivity index (χ2v) is 2.95. The van der Waals surface area contributed by atoms with Crippen molar-refractivity contribution in [3.05, 3.63) is 12.2 Å². The molecule has 1 heterocycles. The fourth-order valence-corrected chi connectivity index (χ4v) is 1.17. The van der Waals surface area contributed by atoms with Gasteiger partial charge in [0.2, 0.25) is 0 Å². The van der Waals surface area contributed by atoms with E-state index in [9.17, 15) is 22.6 Å². The Morgan fingerprint density at radius 3 is 1.67 bits per heavy atom. The molecule has 1 rings (SSSR count). The van der Waals surface area contributed by atoms with Gasteiger partial charge in [-0.2, -0.15) is 4.31 Å². The van der Waals surface area contributed by atoms with Crippen molar-refractivity contribution in [2.45, 2.75) is 0 Å². The van der Waals surface area contributed by atoms with Crippen molar-refractivity contribution in [1.82, 2.24) is 4.31 Å². The molecule has 0 aromatic rings. The molecule has 0 N–H and O–H groups in total. The molecular formula is C4H2LiNO5S. The van der Waals surface area contributed by atoms with Crippen LogP contribution in [0.1, 0.15) is 0 Å². The molecule has 0 fully saturated rings. The van der Waals surface area contributed by atoms with Crippen molar-refractivity contribution in [2.24, 2.45) is 0 Å². The second kappa shape index (κ2) is 3.41. The zero-order valence-corrected chi connectivity index (χ0v) is 6.87. The van der Waals surface area contributed by atoms with E-state index in [1.807, 2.05) is 0 Å². The van der Waals surface area contributed by atoms with Crippen LogP contribution in [0.15, 0.2) is 12.2 Å². The molecule has 0 aromatic carbocycles. The standard InChI is InChI=1S/C4H3NO5S.Li/c6-3-1-2-4(7)5(3)11(8,9)10;/h1-2H,(H,8,9,10);/q;+1/p-1. The van der Waals surface area contributed by atoms with Gasteiger partial charge >= 0.3 is 18.9 Å². The monoisotopic (exact) mass is 183 g/mol. The predicted molar refractivity (Wildman–Crippen MR) is 30.7 cm³/mol. The van der Waals surface area contributed by atoms with Crippen molar-refractivity contribution >= 4 is 22.1 Å². The van der Waals surface area contributed by atoms with Crippen molar-refractivity contribution in [3.8, 4) is 0 Å². The van der Waals surface area contributed by atoms with Crippen LogP contribution in [0.4, 0.5) is 0 Å². The van der Waals surface area contributed by atoms with Gasteiger partial charge in [-0.05, 0) is 0 Å². The Balaban J connectivity index is 0.00000121. The predicted octanol–water partition coefficient (Wildman–Crippen LogP) is -4.62. The van der Waals surface area contributed by atoms with Gasteiger partial charge in [0.1, 0.15) is 0 Å². The summed E-state index contributed by atoms with van der Waals surface area (Å²) < 4.78 is 30.1. The van der Waals surface area contributed by atoms with Crippen molar-refractivity contribution in [3.63, 3.8) is 0 Å². The maximum Gasteiger partial charge on any atom is 1.00 e. The number of hydrogen-bond donors (Lipinski definition) is 0. The van der Waals surface area contributed by atoms with Crippen LogP contribution in [0.3, 0.4) is 0 Å². The van der Waals surface area contributed by atoms with Gasteiger partial charge in [-0.3, -0.25) is 9.59 Å². The summed E-state index contributed by atoms with van der Waals surface area (Å²) in [6.07, 6.45) is 1.44. The van der Waals surface area contributed by atoms with Gasteiger partial charge in [0, 0.05) is 12.2 Å². The molecule has 60 valence electrons. The van der Waals surface area contributed by atoms with Crippen LogP contribution in [-0.4, -0.2) is 29.1 Å². The van der Waals surface area contributed by atoms with Gasteiger partial charge in [-0.25, -0.2) is 8.42 Å². The average Bonchev–Trinajstić information content (AvgIpc) is 2.08. The molecule has 0 unspecified atom stereocenters. The van der Waals surface area contributed by atoms with Crippen molar-refractivity contribution < 1.29 is 41.4 Å². The van der Waals surface area contributed by atoms with E-state index >= 15 is 0 Å². The fourth-order valence-electron chi connectivity index (χ4n) is 0.607. The van der Waals surface area contributed by atoms with E-state index in [2.05, 4.69) is 0 Å². The first-order valence-electron chi connectivity index (χ1n) is 2.45. The first-order valence-corrected chi connectivity index (χ1v) is 3.81. The Labute approximate surface area is 80.3 Å². The van der Waals surface area contributed by atoms with Crippen LogP contribution in [0.5, 0.6) is 0 Å². The number of amides is 2. The largest absolute Gasteiger partial charge is 1.00 e. The van der Waals surface area contributed by atoms with E-state index < -0.39 is 22.1 Å². The van der Waals surface area contributed by atoms with E-state index in [0.29, 0.717) is 0 Å². The molecule has 1 aliphatic heterocycles. The van der Waals surface area contributed by atoms with E-state index in [4.69, 9.17) is 0 Å². The van der Waals surface area contributed by atoms with Gasteiger partial charge < -0.3 is 4.55 Å². The molecule has 1 aliphatic rings. The van der Waals surface area contributed by atoms with Crippen LogP contribution in [0.2, 0.25) is 0 Å². The summed E-state index contributed by atoms with van der Waals surface area (Å²) in [4.78, 5) is 20.9. The third-order valence-corrected chi connectivity index (χ3v) is 1.80. The Morgan fingerprint density at radius 1 is 1.17 bits per heavy atom. The maximum atomic E-state index is 10.5. The Morgan fingerprint density at radius 2 is 1.50 bits per heavy atom. The molecule has 0 spiro atoms. The Hall–Kier alpha value is -0.613. The first-order chi connectivity index (χ1) is 4.93. The number of rotatable bonds is 1. The summed E-state index contributed by atoms with van der Waals surface area (Å²) in [5.41, 5.74) is 0. The van der Waals surface area contributed by atoms with Crippen LogP contribution < -0.4 is 18.9 Å². The second-order valence-electron chi connectivity index (χ2n) is 1.73. The minimum Gasteiger partial charge on any atom is -0.730 e. The molecular weight excluding hydrogens is 181 g/mol. The molecule has 0 aliphatic carbocycles. The zero-order valence-electron chi connectivity index (χ0n) is 6.05. The average molecular weight is 183 g/mol. The molecule has 6 nitrogen and oxygen atoms in total. The molecule has 2 amide bonds. The van der Waals surface area contributed by atoms with E-state index in [1.165, 1.54) is 0 Å². The van der Waals surface area contributed by atoms with Gasteiger partial charge in [0.25, 0.3) is 11.8 Å². The molecule has 12 heavy (non-hydrogen) atoms. The van der Waals surface area contributed by atoms with E-state index in [1.54, 1.807) is 0 Å². The van der Waals surface area contributed by atoms with Crippen LogP contribution >= 0.6 is 0 Å². The van der Waals surface area contributed by atoms with Gasteiger partial charge in [-0.15, -0.1) is 0 Å². The normalized spacial score (nSPS) is 16.6. The van der Waals surface area contributed by atoms with Gasteiger partial charge in [0.05, 0.1) is 0 Å². The molecule has 0 aromatic heterocycles. The summed E-state index contributed by atoms with van der Waals surface area (Å²) in [7, 11) is -4.98. The van der Waals surface area contributed by atoms with Crippen LogP contribution in [-0.2, 0) is 19.9 Å². The van der Waals surface area contributed by atoms with Crippen molar-refractivity contribution in [1.29, 1.82) is 0 Å². The summed E-state index contributed by atoms with van der Waals surface area (Å²) in [5, 5.41) is 0. The van der Waals surface area contributed by atoms with Crippen LogP contribution in [0.25, 0.3) is 0 Å². The van der Waals surface area contributed by atoms with Gasteiger partial charge in [0.15, 0.2) is 10.3 Å².